The lowest BCUT2D eigenvalue weighted by Gasteiger charge is -2.03. The number of rotatable bonds is 3. The summed E-state index contributed by atoms with van der Waals surface area (Å²) in [5.74, 6) is -0.120. The molecule has 0 rings (SSSR count). The first-order valence-corrected chi connectivity index (χ1v) is 3.92. The van der Waals surface area contributed by atoms with Crippen molar-refractivity contribution in [3.8, 4) is 0 Å². The van der Waals surface area contributed by atoms with Gasteiger partial charge in [-0.2, -0.15) is 0 Å². The summed E-state index contributed by atoms with van der Waals surface area (Å²) in [5, 5.41) is -0.440. The molecule has 0 aromatic carbocycles. The van der Waals surface area contributed by atoms with Gasteiger partial charge in [-0.05, 0) is 20.1 Å². The summed E-state index contributed by atoms with van der Waals surface area (Å²) in [6.07, 6.45) is 1.76. The Labute approximate surface area is 59.0 Å². The zero-order valence-corrected chi connectivity index (χ0v) is 6.62. The molecule has 0 aliphatic carbocycles. The third-order valence-electron chi connectivity index (χ3n) is 0.974. The van der Waals surface area contributed by atoms with Gasteiger partial charge >= 0.3 is 0 Å². The molecule has 0 atom stereocenters. The lowest BCUT2D eigenvalue weighted by Crippen LogP contribution is -2.21. The number of ketones is 2. The number of thioether (sulfide) groups is 1. The predicted octanol–water partition coefficient (Wildman–Crippen LogP) is 0.896. The second kappa shape index (κ2) is 3.67. The molecule has 0 aromatic heterocycles. The van der Waals surface area contributed by atoms with E-state index in [9.17, 15) is 9.59 Å². The van der Waals surface area contributed by atoms with Crippen LogP contribution >= 0.6 is 11.8 Å². The largest absolute Gasteiger partial charge is 0.298 e. The molecule has 0 N–H and O–H groups in total. The SMILES string of the molecule is CSC(C(C)=O)C(C)=O. The summed E-state index contributed by atoms with van der Waals surface area (Å²) in [6, 6.07) is 0. The van der Waals surface area contributed by atoms with Gasteiger partial charge in [0.05, 0.1) is 0 Å². The molecule has 0 saturated heterocycles. The predicted molar refractivity (Wildman–Crippen MR) is 38.7 cm³/mol. The molecule has 2 nitrogen and oxygen atoms in total. The van der Waals surface area contributed by atoms with Crippen LogP contribution in [0, 0.1) is 0 Å². The van der Waals surface area contributed by atoms with Crippen LogP contribution in [-0.4, -0.2) is 23.1 Å². The Morgan fingerprint density at radius 2 is 1.56 bits per heavy atom. The minimum absolute atomic E-state index is 0.0602. The molecule has 0 saturated carbocycles. The Morgan fingerprint density at radius 3 is 1.56 bits per heavy atom. The van der Waals surface area contributed by atoms with Crippen LogP contribution in [0.5, 0.6) is 0 Å². The van der Waals surface area contributed by atoms with E-state index < -0.39 is 5.25 Å². The zero-order chi connectivity index (χ0) is 7.44. The van der Waals surface area contributed by atoms with Crippen molar-refractivity contribution in [1.82, 2.24) is 0 Å². The van der Waals surface area contributed by atoms with Gasteiger partial charge in [-0.3, -0.25) is 9.59 Å². The fourth-order valence-corrected chi connectivity index (χ4v) is 1.28. The average Bonchev–Trinajstić information content (AvgIpc) is 1.64. The van der Waals surface area contributed by atoms with E-state index in [1.54, 1.807) is 6.26 Å². The highest BCUT2D eigenvalue weighted by atomic mass is 32.2. The molecular weight excluding hydrogens is 136 g/mol. The van der Waals surface area contributed by atoms with E-state index in [0.29, 0.717) is 0 Å². The molecular formula is C6H10O2S. The van der Waals surface area contributed by atoms with Gasteiger partial charge in [-0.1, -0.05) is 0 Å². The minimum atomic E-state index is -0.440. The van der Waals surface area contributed by atoms with Gasteiger partial charge in [0, 0.05) is 0 Å². The Kier molecular flexibility index (Phi) is 3.54. The fraction of sp³-hybridized carbons (Fsp3) is 0.667. The molecule has 0 radical (unpaired) electrons. The molecule has 0 aliphatic rings. The maximum atomic E-state index is 10.6. The first kappa shape index (κ1) is 8.69. The van der Waals surface area contributed by atoms with Crippen LogP contribution in [0.25, 0.3) is 0 Å². The van der Waals surface area contributed by atoms with Gasteiger partial charge in [0.15, 0.2) is 0 Å². The summed E-state index contributed by atoms with van der Waals surface area (Å²) in [7, 11) is 0. The Balaban J connectivity index is 3.99. The lowest BCUT2D eigenvalue weighted by atomic mass is 10.2. The standard InChI is InChI=1S/C6H10O2S/c1-4(7)6(9-3)5(2)8/h6H,1-3H3. The highest BCUT2D eigenvalue weighted by Crippen LogP contribution is 2.07. The number of hydrogen-bond donors (Lipinski definition) is 0. The molecule has 0 heterocycles. The monoisotopic (exact) mass is 146 g/mol. The number of carbonyl (C=O) groups excluding carboxylic acids is 2. The fourth-order valence-electron chi connectivity index (χ4n) is 0.618. The van der Waals surface area contributed by atoms with E-state index in [1.165, 1.54) is 25.6 Å². The molecule has 9 heavy (non-hydrogen) atoms. The highest BCUT2D eigenvalue weighted by molar-refractivity contribution is 8.00. The van der Waals surface area contributed by atoms with E-state index in [4.69, 9.17) is 0 Å². The number of carbonyl (C=O) groups is 2. The van der Waals surface area contributed by atoms with Crippen molar-refractivity contribution >= 4 is 23.3 Å². The van der Waals surface area contributed by atoms with Gasteiger partial charge in [-0.15, -0.1) is 11.8 Å². The van der Waals surface area contributed by atoms with Crippen molar-refractivity contribution in [3.05, 3.63) is 0 Å². The van der Waals surface area contributed by atoms with Crippen LogP contribution < -0.4 is 0 Å². The second-order valence-corrected chi connectivity index (χ2v) is 2.78. The minimum Gasteiger partial charge on any atom is -0.298 e. The molecule has 0 bridgehead atoms. The highest BCUT2D eigenvalue weighted by Gasteiger charge is 2.16. The molecule has 52 valence electrons. The van der Waals surface area contributed by atoms with Crippen LogP contribution in [0.15, 0.2) is 0 Å². The maximum absolute atomic E-state index is 10.6. The Bertz CT molecular complexity index is 117. The normalized spacial score (nSPS) is 9.78. The van der Waals surface area contributed by atoms with Gasteiger partial charge in [-0.25, -0.2) is 0 Å². The summed E-state index contributed by atoms with van der Waals surface area (Å²) in [4.78, 5) is 21.1. The van der Waals surface area contributed by atoms with Crippen LogP contribution in [-0.2, 0) is 9.59 Å². The molecule has 0 amide bonds. The lowest BCUT2D eigenvalue weighted by molar-refractivity contribution is -0.123. The topological polar surface area (TPSA) is 34.1 Å². The average molecular weight is 146 g/mol. The second-order valence-electron chi connectivity index (χ2n) is 1.84. The summed E-state index contributed by atoms with van der Waals surface area (Å²) < 4.78 is 0. The van der Waals surface area contributed by atoms with Crippen LogP contribution in [0.1, 0.15) is 13.8 Å². The van der Waals surface area contributed by atoms with Crippen molar-refractivity contribution in [1.29, 1.82) is 0 Å². The van der Waals surface area contributed by atoms with Crippen molar-refractivity contribution in [2.24, 2.45) is 0 Å². The Morgan fingerprint density at radius 1 is 1.22 bits per heavy atom. The molecule has 0 aliphatic heterocycles. The van der Waals surface area contributed by atoms with E-state index in [1.807, 2.05) is 0 Å². The van der Waals surface area contributed by atoms with Gasteiger partial charge in [0.1, 0.15) is 16.8 Å². The molecule has 0 aromatic rings. The van der Waals surface area contributed by atoms with Gasteiger partial charge in [0.25, 0.3) is 0 Å². The van der Waals surface area contributed by atoms with Crippen molar-refractivity contribution in [2.75, 3.05) is 6.26 Å². The molecule has 0 unspecified atom stereocenters. The first-order valence-electron chi connectivity index (χ1n) is 2.63. The molecule has 0 spiro atoms. The van der Waals surface area contributed by atoms with Crippen molar-refractivity contribution in [2.45, 2.75) is 19.1 Å². The number of hydrogen-bond acceptors (Lipinski definition) is 3. The summed E-state index contributed by atoms with van der Waals surface area (Å²) in [6.45, 7) is 2.87. The van der Waals surface area contributed by atoms with E-state index in [-0.39, 0.29) is 11.6 Å². The van der Waals surface area contributed by atoms with Crippen LogP contribution in [0.2, 0.25) is 0 Å². The van der Waals surface area contributed by atoms with E-state index in [0.717, 1.165) is 0 Å². The third kappa shape index (κ3) is 2.65. The van der Waals surface area contributed by atoms with Crippen molar-refractivity contribution in [3.63, 3.8) is 0 Å². The quantitative estimate of drug-likeness (QED) is 0.555. The van der Waals surface area contributed by atoms with Crippen LogP contribution in [0.3, 0.4) is 0 Å². The summed E-state index contributed by atoms with van der Waals surface area (Å²) in [5.41, 5.74) is 0. The molecule has 3 heteroatoms. The Hall–Kier alpha value is -0.310. The molecule has 0 fully saturated rings. The van der Waals surface area contributed by atoms with Crippen molar-refractivity contribution < 1.29 is 9.59 Å². The van der Waals surface area contributed by atoms with Gasteiger partial charge in [0.2, 0.25) is 0 Å². The zero-order valence-electron chi connectivity index (χ0n) is 5.80. The third-order valence-corrected chi connectivity index (χ3v) is 2.11. The van der Waals surface area contributed by atoms with E-state index >= 15 is 0 Å². The van der Waals surface area contributed by atoms with Crippen LogP contribution in [0.4, 0.5) is 0 Å². The smallest absolute Gasteiger partial charge is 0.150 e. The first-order chi connectivity index (χ1) is 4.09. The summed E-state index contributed by atoms with van der Waals surface area (Å²) >= 11 is 1.29. The maximum Gasteiger partial charge on any atom is 0.150 e. The number of Topliss-reactive ketones (excluding diaryl/α,β-unsaturated/α-hetero) is 2. The van der Waals surface area contributed by atoms with Gasteiger partial charge < -0.3 is 0 Å². The van der Waals surface area contributed by atoms with E-state index in [2.05, 4.69) is 0 Å².